The van der Waals surface area contributed by atoms with E-state index in [9.17, 15) is 9.59 Å². The van der Waals surface area contributed by atoms with Crippen molar-refractivity contribution in [1.82, 2.24) is 15.0 Å². The van der Waals surface area contributed by atoms with Crippen LogP contribution in [0.4, 0.5) is 11.4 Å². The van der Waals surface area contributed by atoms with Gasteiger partial charge in [-0.05, 0) is 43.3 Å². The molecule has 170 valence electrons. The molecule has 3 aromatic rings. The van der Waals surface area contributed by atoms with Crippen LogP contribution in [0.1, 0.15) is 17.6 Å². The highest BCUT2D eigenvalue weighted by Gasteiger charge is 2.28. The summed E-state index contributed by atoms with van der Waals surface area (Å²) in [6.07, 6.45) is 0. The van der Waals surface area contributed by atoms with Crippen molar-refractivity contribution in [1.29, 1.82) is 0 Å². The topological polar surface area (TPSA) is 92.0 Å². The molecule has 1 fully saturated rings. The maximum Gasteiger partial charge on any atom is 0.316 e. The number of nitrogens with zero attached hydrogens (tertiary/aromatic N) is 5. The zero-order valence-corrected chi connectivity index (χ0v) is 18.8. The van der Waals surface area contributed by atoms with Crippen LogP contribution in [0.25, 0.3) is 11.4 Å². The second-order valence-corrected chi connectivity index (χ2v) is 8.23. The number of halogens is 1. The maximum absolute atomic E-state index is 12.9. The summed E-state index contributed by atoms with van der Waals surface area (Å²) in [5.74, 6) is 0.438. The number of hydrogen-bond acceptors (Lipinski definition) is 7. The van der Waals surface area contributed by atoms with E-state index >= 15 is 0 Å². The van der Waals surface area contributed by atoms with E-state index in [4.69, 9.17) is 20.9 Å². The van der Waals surface area contributed by atoms with Gasteiger partial charge in [-0.2, -0.15) is 4.98 Å². The predicted octanol–water partition coefficient (Wildman–Crippen LogP) is 3.10. The highest BCUT2D eigenvalue weighted by Crippen LogP contribution is 2.35. The van der Waals surface area contributed by atoms with Gasteiger partial charge >= 0.3 is 11.8 Å². The number of hydrogen-bond donors (Lipinski definition) is 0. The summed E-state index contributed by atoms with van der Waals surface area (Å²) in [7, 11) is 0. The molecule has 10 heteroatoms. The number of benzene rings is 2. The molecule has 1 saturated heterocycles. The van der Waals surface area contributed by atoms with Crippen molar-refractivity contribution in [3.63, 3.8) is 0 Å². The molecule has 0 saturated carbocycles. The lowest BCUT2D eigenvalue weighted by molar-refractivity contribution is -0.121. The highest BCUT2D eigenvalue weighted by atomic mass is 35.5. The van der Waals surface area contributed by atoms with Crippen molar-refractivity contribution >= 4 is 34.8 Å². The molecule has 2 aliphatic rings. The molecule has 2 amide bonds. The molecule has 2 aromatic carbocycles. The van der Waals surface area contributed by atoms with Crippen molar-refractivity contribution in [2.45, 2.75) is 6.92 Å². The molecule has 0 aliphatic carbocycles. The minimum atomic E-state index is -0.295. The van der Waals surface area contributed by atoms with Crippen LogP contribution >= 0.6 is 11.6 Å². The Morgan fingerprint density at radius 1 is 1.12 bits per heavy atom. The van der Waals surface area contributed by atoms with Gasteiger partial charge in [0, 0.05) is 49.0 Å². The summed E-state index contributed by atoms with van der Waals surface area (Å²) in [4.78, 5) is 34.8. The van der Waals surface area contributed by atoms with Gasteiger partial charge < -0.3 is 24.0 Å². The van der Waals surface area contributed by atoms with Gasteiger partial charge in [0.05, 0.1) is 5.69 Å². The summed E-state index contributed by atoms with van der Waals surface area (Å²) in [6, 6.07) is 13.0. The SMILES string of the molecule is CCN1C(=O)COc2cc(-c3noc(C(=O)N4CCN(c5cccc(Cl)c5)CC4)n3)ccc21. The number of fused-ring (bicyclic) bond motifs is 1. The van der Waals surface area contributed by atoms with Crippen LogP contribution in [-0.4, -0.2) is 66.2 Å². The molecule has 2 aliphatic heterocycles. The number of carbonyl (C=O) groups excluding carboxylic acids is 2. The molecule has 0 N–H and O–H groups in total. The monoisotopic (exact) mass is 467 g/mol. The van der Waals surface area contributed by atoms with Gasteiger partial charge in [-0.15, -0.1) is 0 Å². The zero-order valence-electron chi connectivity index (χ0n) is 18.0. The minimum Gasteiger partial charge on any atom is -0.482 e. The van der Waals surface area contributed by atoms with Crippen LogP contribution in [0.3, 0.4) is 0 Å². The number of aromatic nitrogens is 2. The standard InChI is InChI=1S/C23H22ClN5O4/c1-2-29-18-7-6-15(12-19(18)32-14-20(29)30)21-25-22(33-26-21)23(31)28-10-8-27(9-11-28)17-5-3-4-16(24)13-17/h3-7,12-13H,2,8-11,14H2,1H3. The van der Waals surface area contributed by atoms with Gasteiger partial charge in [0.2, 0.25) is 5.82 Å². The van der Waals surface area contributed by atoms with Crippen molar-refractivity contribution in [3.05, 3.63) is 53.4 Å². The van der Waals surface area contributed by atoms with E-state index in [0.717, 1.165) is 5.69 Å². The molecule has 0 bridgehead atoms. The van der Waals surface area contributed by atoms with Gasteiger partial charge in [0.25, 0.3) is 5.91 Å². The molecule has 0 spiro atoms. The number of amides is 2. The number of piperazine rings is 1. The van der Waals surface area contributed by atoms with Gasteiger partial charge in [-0.25, -0.2) is 0 Å². The molecule has 5 rings (SSSR count). The minimum absolute atomic E-state index is 0.0125. The van der Waals surface area contributed by atoms with Crippen LogP contribution in [0, 0.1) is 0 Å². The first kappa shape index (κ1) is 21.3. The molecule has 0 radical (unpaired) electrons. The summed E-state index contributed by atoms with van der Waals surface area (Å²) in [5, 5.41) is 4.67. The fraction of sp³-hybridized carbons (Fsp3) is 0.304. The van der Waals surface area contributed by atoms with Crippen molar-refractivity contribution in [3.8, 4) is 17.1 Å². The molecular weight excluding hydrogens is 446 g/mol. The van der Waals surface area contributed by atoms with Crippen LogP contribution in [0.15, 0.2) is 47.0 Å². The normalized spacial score (nSPS) is 15.9. The number of carbonyl (C=O) groups is 2. The molecule has 9 nitrogen and oxygen atoms in total. The smallest absolute Gasteiger partial charge is 0.316 e. The molecule has 0 atom stereocenters. The predicted molar refractivity (Wildman–Crippen MR) is 123 cm³/mol. The van der Waals surface area contributed by atoms with Gasteiger partial charge in [0.1, 0.15) is 5.75 Å². The Labute approximate surface area is 195 Å². The third kappa shape index (κ3) is 4.11. The second kappa shape index (κ2) is 8.74. The maximum atomic E-state index is 12.9. The quantitative estimate of drug-likeness (QED) is 0.582. The van der Waals surface area contributed by atoms with Crippen LogP contribution in [-0.2, 0) is 4.79 Å². The van der Waals surface area contributed by atoms with Gasteiger partial charge in [-0.3, -0.25) is 9.59 Å². The lowest BCUT2D eigenvalue weighted by Crippen LogP contribution is -2.48. The Morgan fingerprint density at radius 3 is 2.70 bits per heavy atom. The van der Waals surface area contributed by atoms with Crippen LogP contribution in [0.2, 0.25) is 5.02 Å². The Hall–Kier alpha value is -3.59. The Morgan fingerprint density at radius 2 is 1.94 bits per heavy atom. The first-order chi connectivity index (χ1) is 16.0. The van der Waals surface area contributed by atoms with E-state index in [0.29, 0.717) is 60.6 Å². The largest absolute Gasteiger partial charge is 0.482 e. The first-order valence-corrected chi connectivity index (χ1v) is 11.1. The second-order valence-electron chi connectivity index (χ2n) is 7.79. The van der Waals surface area contributed by atoms with Crippen molar-refractivity contribution in [2.75, 3.05) is 49.1 Å². The van der Waals surface area contributed by atoms with E-state index in [-0.39, 0.29) is 24.3 Å². The van der Waals surface area contributed by atoms with E-state index in [1.807, 2.05) is 31.2 Å². The van der Waals surface area contributed by atoms with E-state index < -0.39 is 0 Å². The Bertz CT molecular complexity index is 1210. The molecule has 0 unspecified atom stereocenters. The molecule has 1 aromatic heterocycles. The number of likely N-dealkylation sites (N-methyl/N-ethyl adjacent to an activating group) is 1. The van der Waals surface area contributed by atoms with Crippen LogP contribution < -0.4 is 14.5 Å². The molecule has 3 heterocycles. The summed E-state index contributed by atoms with van der Waals surface area (Å²) in [5.41, 5.74) is 2.38. The first-order valence-electron chi connectivity index (χ1n) is 10.7. The zero-order chi connectivity index (χ0) is 22.9. The number of rotatable bonds is 4. The highest BCUT2D eigenvalue weighted by molar-refractivity contribution is 6.30. The number of ether oxygens (including phenoxy) is 1. The third-order valence-electron chi connectivity index (χ3n) is 5.83. The number of anilines is 2. The Kier molecular flexibility index (Phi) is 5.63. The lowest BCUT2D eigenvalue weighted by atomic mass is 10.1. The molecular formula is C23H22ClN5O4. The van der Waals surface area contributed by atoms with E-state index in [2.05, 4.69) is 15.0 Å². The summed E-state index contributed by atoms with van der Waals surface area (Å²) in [6.45, 7) is 4.89. The summed E-state index contributed by atoms with van der Waals surface area (Å²) < 4.78 is 10.8. The fourth-order valence-electron chi connectivity index (χ4n) is 4.09. The average Bonchev–Trinajstić information content (AvgIpc) is 3.34. The van der Waals surface area contributed by atoms with Gasteiger partial charge in [0.15, 0.2) is 6.61 Å². The lowest BCUT2D eigenvalue weighted by Gasteiger charge is -2.35. The van der Waals surface area contributed by atoms with Crippen LogP contribution in [0.5, 0.6) is 5.75 Å². The summed E-state index contributed by atoms with van der Waals surface area (Å²) >= 11 is 6.09. The van der Waals surface area contributed by atoms with Crippen molar-refractivity contribution in [2.24, 2.45) is 0 Å². The third-order valence-corrected chi connectivity index (χ3v) is 6.06. The van der Waals surface area contributed by atoms with E-state index in [1.165, 1.54) is 0 Å². The molecule has 33 heavy (non-hydrogen) atoms. The van der Waals surface area contributed by atoms with Crippen molar-refractivity contribution < 1.29 is 18.8 Å². The average molecular weight is 468 g/mol. The Balaban J connectivity index is 1.27. The van der Waals surface area contributed by atoms with Gasteiger partial charge in [-0.1, -0.05) is 22.8 Å². The fourth-order valence-corrected chi connectivity index (χ4v) is 4.28. The van der Waals surface area contributed by atoms with E-state index in [1.54, 1.807) is 28.0 Å².